The number of likely N-dealkylation sites (N-methyl/N-ethyl adjacent to an activating group) is 1. The lowest BCUT2D eigenvalue weighted by atomic mass is 10.2. The highest BCUT2D eigenvalue weighted by molar-refractivity contribution is 5.39. The molecule has 122 valence electrons. The summed E-state index contributed by atoms with van der Waals surface area (Å²) in [4.78, 5) is 4.61. The van der Waals surface area contributed by atoms with E-state index in [1.54, 1.807) is 6.20 Å². The number of hydrogen-bond acceptors (Lipinski definition) is 7. The van der Waals surface area contributed by atoms with Crippen molar-refractivity contribution in [3.05, 3.63) is 30.1 Å². The van der Waals surface area contributed by atoms with Crippen molar-refractivity contribution in [1.29, 1.82) is 0 Å². The molecule has 7 nitrogen and oxygen atoms in total. The predicted octanol–water partition coefficient (Wildman–Crippen LogP) is 1.84. The largest absolute Gasteiger partial charge is 0.424 e. The second kappa shape index (κ2) is 6.23. The lowest BCUT2D eigenvalue weighted by Crippen LogP contribution is -2.39. The molecular weight excluding hydrogens is 292 g/mol. The van der Waals surface area contributed by atoms with E-state index >= 15 is 0 Å². The molecule has 1 atom stereocenters. The Morgan fingerprint density at radius 2 is 2.17 bits per heavy atom. The Bertz CT molecular complexity index is 641. The van der Waals surface area contributed by atoms with Crippen LogP contribution in [0.15, 0.2) is 22.7 Å². The van der Waals surface area contributed by atoms with Crippen molar-refractivity contribution in [1.82, 2.24) is 25.3 Å². The van der Waals surface area contributed by atoms with Gasteiger partial charge in [0.15, 0.2) is 5.82 Å². The van der Waals surface area contributed by atoms with Crippen molar-refractivity contribution in [2.45, 2.75) is 44.2 Å². The molecule has 1 saturated carbocycles. The molecule has 2 fully saturated rings. The molecule has 4 rings (SSSR count). The van der Waals surface area contributed by atoms with Crippen LogP contribution in [0.3, 0.4) is 0 Å². The highest BCUT2D eigenvalue weighted by Gasteiger charge is 2.30. The molecule has 2 aromatic heterocycles. The molecule has 1 aliphatic carbocycles. The lowest BCUT2D eigenvalue weighted by Gasteiger charge is -2.28. The number of nitrogens with zero attached hydrogens (tertiary/aromatic N) is 6. The van der Waals surface area contributed by atoms with Gasteiger partial charge in [0.1, 0.15) is 0 Å². The van der Waals surface area contributed by atoms with E-state index in [2.05, 4.69) is 37.2 Å². The maximum Gasteiger partial charge on any atom is 0.230 e. The fourth-order valence-corrected chi connectivity index (χ4v) is 3.25. The molecule has 0 spiro atoms. The first-order valence-corrected chi connectivity index (χ1v) is 8.35. The summed E-state index contributed by atoms with van der Waals surface area (Å²) in [5.74, 6) is 3.02. The Labute approximate surface area is 135 Å². The fraction of sp³-hybridized carbons (Fsp3) is 0.625. The van der Waals surface area contributed by atoms with Crippen molar-refractivity contribution in [3.8, 4) is 0 Å². The maximum absolute atomic E-state index is 5.75. The Morgan fingerprint density at radius 1 is 1.26 bits per heavy atom. The van der Waals surface area contributed by atoms with Crippen molar-refractivity contribution in [2.24, 2.45) is 0 Å². The van der Waals surface area contributed by atoms with Gasteiger partial charge in [-0.3, -0.25) is 4.90 Å². The van der Waals surface area contributed by atoms with Crippen molar-refractivity contribution in [2.75, 3.05) is 25.0 Å². The first-order chi connectivity index (χ1) is 11.3. The zero-order valence-electron chi connectivity index (χ0n) is 13.4. The molecule has 0 amide bonds. The van der Waals surface area contributed by atoms with E-state index in [4.69, 9.17) is 4.42 Å². The molecule has 1 aliphatic heterocycles. The van der Waals surface area contributed by atoms with E-state index in [9.17, 15) is 0 Å². The molecule has 0 aromatic carbocycles. The zero-order valence-corrected chi connectivity index (χ0v) is 13.4. The van der Waals surface area contributed by atoms with Crippen LogP contribution in [0, 0.1) is 0 Å². The lowest BCUT2D eigenvalue weighted by molar-refractivity contribution is 0.268. The normalized spacial score (nSPS) is 21.3. The summed E-state index contributed by atoms with van der Waals surface area (Å²) in [5.41, 5.74) is 0. The number of anilines is 1. The minimum atomic E-state index is 0.461. The first kappa shape index (κ1) is 14.6. The van der Waals surface area contributed by atoms with Crippen molar-refractivity contribution >= 4 is 5.82 Å². The SMILES string of the molecule is CN(Cc1nnc(C2CC2)o1)C[C@@H]1CCCN1c1cccnn1. The summed E-state index contributed by atoms with van der Waals surface area (Å²) < 4.78 is 5.75. The van der Waals surface area contributed by atoms with Gasteiger partial charge in [-0.2, -0.15) is 5.10 Å². The number of rotatable bonds is 6. The predicted molar refractivity (Wildman–Crippen MR) is 85.0 cm³/mol. The first-order valence-electron chi connectivity index (χ1n) is 8.35. The van der Waals surface area contributed by atoms with E-state index in [-0.39, 0.29) is 0 Å². The fourth-order valence-electron chi connectivity index (χ4n) is 3.25. The van der Waals surface area contributed by atoms with Crippen molar-refractivity contribution < 1.29 is 4.42 Å². The van der Waals surface area contributed by atoms with Gasteiger partial charge in [-0.05, 0) is 44.9 Å². The second-order valence-electron chi connectivity index (χ2n) is 6.58. The van der Waals surface area contributed by atoms with E-state index in [1.807, 2.05) is 12.1 Å². The molecule has 3 heterocycles. The Morgan fingerprint density at radius 3 is 2.96 bits per heavy atom. The van der Waals surface area contributed by atoms with Gasteiger partial charge in [0.05, 0.1) is 6.54 Å². The monoisotopic (exact) mass is 314 g/mol. The molecular formula is C16H22N6O. The highest BCUT2D eigenvalue weighted by Crippen LogP contribution is 2.39. The van der Waals surface area contributed by atoms with Gasteiger partial charge in [-0.25, -0.2) is 0 Å². The second-order valence-corrected chi connectivity index (χ2v) is 6.58. The average molecular weight is 314 g/mol. The summed E-state index contributed by atoms with van der Waals surface area (Å²) in [6.07, 6.45) is 6.46. The van der Waals surface area contributed by atoms with Crippen LogP contribution in [-0.2, 0) is 6.54 Å². The van der Waals surface area contributed by atoms with Crippen LogP contribution in [0.1, 0.15) is 43.4 Å². The Kier molecular flexibility index (Phi) is 3.95. The summed E-state index contributed by atoms with van der Waals surface area (Å²) in [7, 11) is 2.11. The molecule has 0 unspecified atom stereocenters. The third kappa shape index (κ3) is 3.34. The molecule has 1 saturated heterocycles. The minimum Gasteiger partial charge on any atom is -0.424 e. The summed E-state index contributed by atoms with van der Waals surface area (Å²) in [6.45, 7) is 2.70. The van der Waals surface area contributed by atoms with Gasteiger partial charge in [0.2, 0.25) is 11.8 Å². The summed E-state index contributed by atoms with van der Waals surface area (Å²) >= 11 is 0. The smallest absolute Gasteiger partial charge is 0.230 e. The highest BCUT2D eigenvalue weighted by atomic mass is 16.4. The molecule has 7 heteroatoms. The number of aromatic nitrogens is 4. The van der Waals surface area contributed by atoms with Gasteiger partial charge in [0.25, 0.3) is 0 Å². The van der Waals surface area contributed by atoms with Gasteiger partial charge in [-0.15, -0.1) is 15.3 Å². The van der Waals surface area contributed by atoms with Crippen LogP contribution in [0.5, 0.6) is 0 Å². The summed E-state index contributed by atoms with van der Waals surface area (Å²) in [5, 5.41) is 16.6. The third-order valence-electron chi connectivity index (χ3n) is 4.57. The van der Waals surface area contributed by atoms with Crippen LogP contribution in [0.4, 0.5) is 5.82 Å². The molecule has 0 N–H and O–H groups in total. The molecule has 0 radical (unpaired) electrons. The topological polar surface area (TPSA) is 71.2 Å². The van der Waals surface area contributed by atoms with Crippen molar-refractivity contribution in [3.63, 3.8) is 0 Å². The van der Waals surface area contributed by atoms with Gasteiger partial charge >= 0.3 is 0 Å². The van der Waals surface area contributed by atoms with Gasteiger partial charge in [0, 0.05) is 31.2 Å². The quantitative estimate of drug-likeness (QED) is 0.805. The minimum absolute atomic E-state index is 0.461. The Hall–Kier alpha value is -2.02. The van der Waals surface area contributed by atoms with E-state index < -0.39 is 0 Å². The summed E-state index contributed by atoms with van der Waals surface area (Å²) in [6, 6.07) is 4.44. The van der Waals surface area contributed by atoms with E-state index in [0.29, 0.717) is 18.5 Å². The molecule has 2 aliphatic rings. The van der Waals surface area contributed by atoms with Gasteiger partial charge in [-0.1, -0.05) is 0 Å². The molecule has 0 bridgehead atoms. The molecule has 23 heavy (non-hydrogen) atoms. The van der Waals surface area contributed by atoms with Crippen LogP contribution >= 0.6 is 0 Å². The Balaban J connectivity index is 1.36. The van der Waals surface area contributed by atoms with Gasteiger partial charge < -0.3 is 9.32 Å². The van der Waals surface area contributed by atoms with Crippen LogP contribution in [-0.4, -0.2) is 51.5 Å². The van der Waals surface area contributed by atoms with Crippen LogP contribution in [0.2, 0.25) is 0 Å². The zero-order chi connectivity index (χ0) is 15.6. The van der Waals surface area contributed by atoms with Crippen LogP contribution in [0.25, 0.3) is 0 Å². The standard InChI is InChI=1S/C16H22N6O/c1-21(11-15-19-20-16(23-15)12-6-7-12)10-13-4-3-9-22(13)14-5-2-8-17-18-14/h2,5,8,12-13H,3-4,6-7,9-11H2,1H3/t13-/m0/s1. The third-order valence-corrected chi connectivity index (χ3v) is 4.57. The van der Waals surface area contributed by atoms with E-state index in [1.165, 1.54) is 25.7 Å². The maximum atomic E-state index is 5.75. The number of hydrogen-bond donors (Lipinski definition) is 0. The van der Waals surface area contributed by atoms with Crippen LogP contribution < -0.4 is 4.90 Å². The molecule has 2 aromatic rings. The van der Waals surface area contributed by atoms with E-state index in [0.717, 1.165) is 30.7 Å². The average Bonchev–Trinajstić information content (AvgIpc) is 3.14.